The molecule has 1 unspecified atom stereocenters. The molecule has 1 aliphatic rings. The van der Waals surface area contributed by atoms with Gasteiger partial charge < -0.3 is 15.1 Å². The summed E-state index contributed by atoms with van der Waals surface area (Å²) in [6.07, 6.45) is 0. The number of nitrogens with one attached hydrogen (secondary N) is 1. The lowest BCUT2D eigenvalue weighted by Gasteiger charge is -2.37. The average molecular weight is 339 g/mol. The van der Waals surface area contributed by atoms with E-state index in [2.05, 4.69) is 56.4 Å². The molecule has 1 aliphatic heterocycles. The largest absolute Gasteiger partial charge is 0.355 e. The van der Waals surface area contributed by atoms with E-state index < -0.39 is 0 Å². The van der Waals surface area contributed by atoms with E-state index in [1.165, 1.54) is 0 Å². The van der Waals surface area contributed by atoms with Gasteiger partial charge in [0.05, 0.1) is 17.2 Å². The molecule has 1 N–H and O–H groups in total. The van der Waals surface area contributed by atoms with Crippen LogP contribution in [0.2, 0.25) is 0 Å². The van der Waals surface area contributed by atoms with Crippen molar-refractivity contribution in [2.24, 2.45) is 4.99 Å². The number of rotatable bonds is 5. The standard InChI is InChI=1S/C16H30N6S/c1-13(22-8-6-20(4)7-9-22)10-18-16(17-3)21(5)11-15-12-23-14(2)19-15/h12-13H,6-11H2,1-5H3,(H,17,18). The molecule has 1 saturated heterocycles. The van der Waals surface area contributed by atoms with Crippen LogP contribution in [0.4, 0.5) is 0 Å². The van der Waals surface area contributed by atoms with Gasteiger partial charge in [0.1, 0.15) is 0 Å². The van der Waals surface area contributed by atoms with E-state index in [0.29, 0.717) is 6.04 Å². The number of guanidine groups is 1. The fraction of sp³-hybridized carbons (Fsp3) is 0.750. The first-order valence-corrected chi connectivity index (χ1v) is 9.13. The molecule has 0 aromatic carbocycles. The maximum absolute atomic E-state index is 4.52. The minimum absolute atomic E-state index is 0.510. The van der Waals surface area contributed by atoms with Gasteiger partial charge in [-0.05, 0) is 20.9 Å². The fourth-order valence-electron chi connectivity index (χ4n) is 2.81. The number of hydrogen-bond donors (Lipinski definition) is 1. The summed E-state index contributed by atoms with van der Waals surface area (Å²) in [5.74, 6) is 0.927. The lowest BCUT2D eigenvalue weighted by atomic mass is 10.2. The molecule has 6 nitrogen and oxygen atoms in total. The van der Waals surface area contributed by atoms with Crippen molar-refractivity contribution in [3.63, 3.8) is 0 Å². The Labute approximate surface area is 144 Å². The molecule has 130 valence electrons. The van der Waals surface area contributed by atoms with Crippen LogP contribution in [0.3, 0.4) is 0 Å². The molecule has 1 aromatic heterocycles. The number of thiazole rings is 1. The maximum Gasteiger partial charge on any atom is 0.193 e. The molecule has 1 atom stereocenters. The summed E-state index contributed by atoms with van der Waals surface area (Å²) in [5.41, 5.74) is 1.10. The first-order valence-electron chi connectivity index (χ1n) is 8.25. The lowest BCUT2D eigenvalue weighted by Crippen LogP contribution is -2.52. The SMILES string of the molecule is CN=C(NCC(C)N1CCN(C)CC1)N(C)Cc1csc(C)n1. The van der Waals surface area contributed by atoms with Crippen LogP contribution < -0.4 is 5.32 Å². The smallest absolute Gasteiger partial charge is 0.193 e. The van der Waals surface area contributed by atoms with Crippen LogP contribution in [0.15, 0.2) is 10.4 Å². The Balaban J connectivity index is 1.79. The topological polar surface area (TPSA) is 47.0 Å². The Kier molecular flexibility index (Phi) is 6.80. The summed E-state index contributed by atoms with van der Waals surface area (Å²) in [6.45, 7) is 10.6. The number of aryl methyl sites for hydroxylation is 1. The van der Waals surface area contributed by atoms with Crippen LogP contribution in [0, 0.1) is 6.92 Å². The van der Waals surface area contributed by atoms with E-state index in [4.69, 9.17) is 0 Å². The Hall–Kier alpha value is -1.18. The molecule has 1 aromatic rings. The van der Waals surface area contributed by atoms with Crippen molar-refractivity contribution in [2.75, 3.05) is 53.9 Å². The molecule has 0 radical (unpaired) electrons. The number of piperazine rings is 1. The third-order valence-corrected chi connectivity index (χ3v) is 5.18. The zero-order chi connectivity index (χ0) is 16.8. The summed E-state index contributed by atoms with van der Waals surface area (Å²) in [4.78, 5) is 16.0. The molecule has 0 amide bonds. The number of aliphatic imine (C=N–C) groups is 1. The third-order valence-electron chi connectivity index (χ3n) is 4.36. The zero-order valence-electron chi connectivity index (χ0n) is 15.0. The van der Waals surface area contributed by atoms with Crippen molar-refractivity contribution in [3.05, 3.63) is 16.1 Å². The van der Waals surface area contributed by atoms with Gasteiger partial charge in [-0.1, -0.05) is 0 Å². The Morgan fingerprint density at radius 3 is 2.70 bits per heavy atom. The number of hydrogen-bond acceptors (Lipinski definition) is 5. The lowest BCUT2D eigenvalue weighted by molar-refractivity contribution is 0.119. The van der Waals surface area contributed by atoms with Gasteiger partial charge in [-0.2, -0.15) is 0 Å². The number of nitrogens with zero attached hydrogens (tertiary/aromatic N) is 5. The average Bonchev–Trinajstić information content (AvgIpc) is 2.93. The van der Waals surface area contributed by atoms with Gasteiger partial charge in [0.15, 0.2) is 5.96 Å². The summed E-state index contributed by atoms with van der Waals surface area (Å²) in [6, 6.07) is 0.510. The van der Waals surface area contributed by atoms with Gasteiger partial charge >= 0.3 is 0 Å². The van der Waals surface area contributed by atoms with Crippen molar-refractivity contribution in [1.29, 1.82) is 0 Å². The number of aromatic nitrogens is 1. The highest BCUT2D eigenvalue weighted by Gasteiger charge is 2.19. The van der Waals surface area contributed by atoms with E-state index in [-0.39, 0.29) is 0 Å². The first kappa shape index (κ1) is 18.2. The summed E-state index contributed by atoms with van der Waals surface area (Å²) in [5, 5.41) is 6.73. The highest BCUT2D eigenvalue weighted by atomic mass is 32.1. The monoisotopic (exact) mass is 338 g/mol. The predicted molar refractivity (Wildman–Crippen MR) is 98.2 cm³/mol. The van der Waals surface area contributed by atoms with Crippen LogP contribution in [-0.4, -0.2) is 85.6 Å². The van der Waals surface area contributed by atoms with Gasteiger partial charge in [-0.15, -0.1) is 11.3 Å². The fourth-order valence-corrected chi connectivity index (χ4v) is 3.42. The molecule has 0 bridgehead atoms. The zero-order valence-corrected chi connectivity index (χ0v) is 15.9. The van der Waals surface area contributed by atoms with Crippen LogP contribution in [0.1, 0.15) is 17.6 Å². The van der Waals surface area contributed by atoms with Crippen molar-refractivity contribution in [2.45, 2.75) is 26.4 Å². The molecule has 2 rings (SSSR count). The van der Waals surface area contributed by atoms with Gasteiger partial charge in [-0.25, -0.2) is 4.98 Å². The first-order chi connectivity index (χ1) is 11.0. The van der Waals surface area contributed by atoms with E-state index in [9.17, 15) is 0 Å². The Bertz CT molecular complexity index is 506. The second-order valence-corrected chi connectivity index (χ2v) is 7.39. The van der Waals surface area contributed by atoms with Gasteiger partial charge in [0, 0.05) is 58.2 Å². The van der Waals surface area contributed by atoms with Crippen LogP contribution in [-0.2, 0) is 6.54 Å². The van der Waals surface area contributed by atoms with E-state index in [0.717, 1.165) is 55.9 Å². The van der Waals surface area contributed by atoms with Gasteiger partial charge in [0.25, 0.3) is 0 Å². The van der Waals surface area contributed by atoms with Crippen molar-refractivity contribution in [3.8, 4) is 0 Å². The Morgan fingerprint density at radius 2 is 2.13 bits per heavy atom. The Morgan fingerprint density at radius 1 is 1.43 bits per heavy atom. The van der Waals surface area contributed by atoms with E-state index >= 15 is 0 Å². The summed E-state index contributed by atoms with van der Waals surface area (Å²) < 4.78 is 0. The molecule has 0 saturated carbocycles. The quantitative estimate of drug-likeness (QED) is 0.643. The number of likely N-dealkylation sites (N-methyl/N-ethyl adjacent to an activating group) is 1. The van der Waals surface area contributed by atoms with Crippen molar-refractivity contribution >= 4 is 17.3 Å². The maximum atomic E-state index is 4.52. The van der Waals surface area contributed by atoms with Gasteiger partial charge in [-0.3, -0.25) is 9.89 Å². The van der Waals surface area contributed by atoms with Crippen LogP contribution in [0.25, 0.3) is 0 Å². The molecule has 0 aliphatic carbocycles. The molecular formula is C16H30N6S. The third kappa shape index (κ3) is 5.44. The van der Waals surface area contributed by atoms with Crippen molar-refractivity contribution < 1.29 is 0 Å². The molecule has 7 heteroatoms. The second-order valence-electron chi connectivity index (χ2n) is 6.33. The summed E-state index contributed by atoms with van der Waals surface area (Å²) >= 11 is 1.69. The second kappa shape index (κ2) is 8.61. The molecule has 0 spiro atoms. The predicted octanol–water partition coefficient (Wildman–Crippen LogP) is 1.09. The highest BCUT2D eigenvalue weighted by Crippen LogP contribution is 2.10. The minimum atomic E-state index is 0.510. The van der Waals surface area contributed by atoms with E-state index in [1.807, 2.05) is 14.0 Å². The molecular weight excluding hydrogens is 308 g/mol. The highest BCUT2D eigenvalue weighted by molar-refractivity contribution is 7.09. The minimum Gasteiger partial charge on any atom is -0.355 e. The molecule has 23 heavy (non-hydrogen) atoms. The summed E-state index contributed by atoms with van der Waals surface area (Å²) in [7, 11) is 6.09. The van der Waals surface area contributed by atoms with Gasteiger partial charge in [0.2, 0.25) is 0 Å². The van der Waals surface area contributed by atoms with Crippen LogP contribution in [0.5, 0.6) is 0 Å². The molecule has 1 fully saturated rings. The normalized spacial score (nSPS) is 18.9. The van der Waals surface area contributed by atoms with Crippen molar-refractivity contribution in [1.82, 2.24) is 25.0 Å². The molecule has 2 heterocycles. The van der Waals surface area contributed by atoms with E-state index in [1.54, 1.807) is 11.3 Å². The van der Waals surface area contributed by atoms with Crippen LogP contribution >= 0.6 is 11.3 Å².